The maximum Gasteiger partial charge on any atom is 0.410 e. The third kappa shape index (κ3) is 7.62. The highest BCUT2D eigenvalue weighted by atomic mass is 79.9. The Morgan fingerprint density at radius 3 is 2.26 bits per heavy atom. The second-order valence-corrected chi connectivity index (χ2v) is 14.3. The maximum atomic E-state index is 14.0. The summed E-state index contributed by atoms with van der Waals surface area (Å²) >= 11 is 3.50. The molecule has 0 aliphatic carbocycles. The van der Waals surface area contributed by atoms with Gasteiger partial charge >= 0.3 is 12.1 Å². The molecule has 46 heavy (non-hydrogen) atoms. The average molecular weight is 696 g/mol. The SMILES string of the molecule is CN1CCC(C2CCN(C(=O)[C@@H](Cc3ccc(N)c(Br)c3)OC(=O)N3CCC(N4CCc5ccccc5NC4=O)CC3)CC2)CC1. The molecule has 4 heterocycles. The van der Waals surface area contributed by atoms with E-state index in [2.05, 4.69) is 39.3 Å². The summed E-state index contributed by atoms with van der Waals surface area (Å²) in [4.78, 5) is 48.5. The molecule has 2 aromatic carbocycles. The lowest BCUT2D eigenvalue weighted by molar-refractivity contribution is -0.142. The molecule has 0 spiro atoms. The highest BCUT2D eigenvalue weighted by Crippen LogP contribution is 2.33. The summed E-state index contributed by atoms with van der Waals surface area (Å²) in [6.45, 7) is 5.27. The molecule has 3 fully saturated rings. The van der Waals surface area contributed by atoms with E-state index in [9.17, 15) is 14.4 Å². The summed E-state index contributed by atoms with van der Waals surface area (Å²) < 4.78 is 6.80. The zero-order valence-electron chi connectivity index (χ0n) is 26.8. The number of nitrogens with two attached hydrogens (primary N) is 1. The van der Waals surface area contributed by atoms with Gasteiger partial charge in [0.2, 0.25) is 0 Å². The summed E-state index contributed by atoms with van der Waals surface area (Å²) in [5.74, 6) is 1.25. The number of carbonyl (C=O) groups excluding carboxylic acids is 3. The first-order valence-corrected chi connectivity index (χ1v) is 17.7. The minimum Gasteiger partial charge on any atom is -0.436 e. The molecule has 4 aliphatic rings. The molecule has 0 aromatic heterocycles. The molecule has 11 heteroatoms. The van der Waals surface area contributed by atoms with Gasteiger partial charge < -0.3 is 35.4 Å². The lowest BCUT2D eigenvalue weighted by Crippen LogP contribution is -2.52. The number of hydrogen-bond donors (Lipinski definition) is 2. The second kappa shape index (κ2) is 14.6. The van der Waals surface area contributed by atoms with E-state index >= 15 is 0 Å². The molecule has 3 saturated heterocycles. The van der Waals surface area contributed by atoms with Crippen molar-refractivity contribution < 1.29 is 19.1 Å². The quantitative estimate of drug-likeness (QED) is 0.402. The van der Waals surface area contributed by atoms with Crippen LogP contribution in [0, 0.1) is 11.8 Å². The minimum atomic E-state index is -0.921. The van der Waals surface area contributed by atoms with Gasteiger partial charge in [0.25, 0.3) is 5.91 Å². The van der Waals surface area contributed by atoms with Gasteiger partial charge in [0.1, 0.15) is 0 Å². The van der Waals surface area contributed by atoms with Gasteiger partial charge in [-0.25, -0.2) is 9.59 Å². The number of nitrogen functional groups attached to an aromatic ring is 1. The van der Waals surface area contributed by atoms with Gasteiger partial charge in [-0.05, 0) is 122 Å². The van der Waals surface area contributed by atoms with Crippen molar-refractivity contribution >= 4 is 45.3 Å². The van der Waals surface area contributed by atoms with Crippen LogP contribution < -0.4 is 11.1 Å². The predicted molar refractivity (Wildman–Crippen MR) is 183 cm³/mol. The van der Waals surface area contributed by atoms with Gasteiger partial charge in [-0.1, -0.05) is 24.3 Å². The van der Waals surface area contributed by atoms with E-state index in [1.807, 2.05) is 40.1 Å². The van der Waals surface area contributed by atoms with E-state index in [0.717, 1.165) is 59.6 Å². The predicted octanol–water partition coefficient (Wildman–Crippen LogP) is 5.21. The van der Waals surface area contributed by atoms with Gasteiger partial charge in [0, 0.05) is 61.0 Å². The molecule has 10 nitrogen and oxygen atoms in total. The Bertz CT molecular complexity index is 1400. The number of urea groups is 1. The Hall–Kier alpha value is -3.31. The Morgan fingerprint density at radius 1 is 0.913 bits per heavy atom. The molecule has 0 bridgehead atoms. The number of benzene rings is 2. The van der Waals surface area contributed by atoms with E-state index in [1.165, 1.54) is 12.8 Å². The van der Waals surface area contributed by atoms with Gasteiger partial charge in [-0.3, -0.25) is 4.79 Å². The van der Waals surface area contributed by atoms with Crippen LogP contribution >= 0.6 is 15.9 Å². The first-order chi connectivity index (χ1) is 22.2. The Kier molecular flexibility index (Phi) is 10.4. The van der Waals surface area contributed by atoms with E-state index in [-0.39, 0.29) is 24.4 Å². The van der Waals surface area contributed by atoms with Crippen LogP contribution in [0.25, 0.3) is 0 Å². The summed E-state index contributed by atoms with van der Waals surface area (Å²) in [6.07, 6.45) is 5.45. The van der Waals surface area contributed by atoms with Crippen LogP contribution in [0.3, 0.4) is 0 Å². The lowest BCUT2D eigenvalue weighted by atomic mass is 9.79. The minimum absolute atomic E-state index is 0.0359. The number of nitrogens with zero attached hydrogens (tertiary/aromatic N) is 4. The van der Waals surface area contributed by atoms with Crippen molar-refractivity contribution in [2.75, 3.05) is 63.9 Å². The number of carbonyl (C=O) groups is 3. The van der Waals surface area contributed by atoms with Gasteiger partial charge in [-0.15, -0.1) is 0 Å². The topological polar surface area (TPSA) is 111 Å². The Labute approximate surface area is 280 Å². The fraction of sp³-hybridized carbons (Fsp3) is 0.571. The van der Waals surface area contributed by atoms with E-state index < -0.39 is 12.2 Å². The van der Waals surface area contributed by atoms with Crippen LogP contribution in [0.1, 0.15) is 49.7 Å². The number of para-hydroxylation sites is 1. The van der Waals surface area contributed by atoms with E-state index in [1.54, 1.807) is 11.0 Å². The zero-order chi connectivity index (χ0) is 32.2. The molecule has 0 saturated carbocycles. The fourth-order valence-corrected chi connectivity index (χ4v) is 8.11. The molecule has 6 rings (SSSR count). The number of halogens is 1. The molecule has 3 N–H and O–H groups in total. The summed E-state index contributed by atoms with van der Waals surface area (Å²) in [7, 11) is 2.19. The van der Waals surface area contributed by atoms with Crippen molar-refractivity contribution in [1.82, 2.24) is 19.6 Å². The standard InChI is InChI=1S/C35H47BrN6O4/c1-39-15-8-25(9-16-39)26-10-17-40(18-11-26)33(43)32(23-24-6-7-30(37)29(36)22-24)46-35(45)41-19-13-28(14-20-41)42-21-12-27-4-2-3-5-31(27)38-34(42)44/h2-7,22,25-26,28,32H,8-21,23,37H2,1H3,(H,38,44)/t32-/m1/s1. The average Bonchev–Trinajstić information content (AvgIpc) is 3.24. The van der Waals surface area contributed by atoms with Crippen molar-refractivity contribution in [3.8, 4) is 0 Å². The monoisotopic (exact) mass is 694 g/mol. The number of anilines is 2. The van der Waals surface area contributed by atoms with Crippen LogP contribution in [0.4, 0.5) is 21.0 Å². The molecule has 4 aliphatic heterocycles. The van der Waals surface area contributed by atoms with Gasteiger partial charge in [0.05, 0.1) is 0 Å². The number of rotatable bonds is 6. The molecular formula is C35H47BrN6O4. The highest BCUT2D eigenvalue weighted by molar-refractivity contribution is 9.10. The van der Waals surface area contributed by atoms with Crippen molar-refractivity contribution in [1.29, 1.82) is 0 Å². The first kappa shape index (κ1) is 32.6. The number of nitrogens with one attached hydrogen (secondary N) is 1. The largest absolute Gasteiger partial charge is 0.436 e. The second-order valence-electron chi connectivity index (χ2n) is 13.5. The van der Waals surface area contributed by atoms with Crippen LogP contribution in [-0.4, -0.2) is 103 Å². The normalized spacial score (nSPS) is 21.3. The van der Waals surface area contributed by atoms with Crippen molar-refractivity contribution in [3.63, 3.8) is 0 Å². The van der Waals surface area contributed by atoms with Gasteiger partial charge in [0.15, 0.2) is 6.10 Å². The van der Waals surface area contributed by atoms with E-state index in [4.69, 9.17) is 10.5 Å². The Morgan fingerprint density at radius 2 is 1.57 bits per heavy atom. The molecule has 0 radical (unpaired) electrons. The first-order valence-electron chi connectivity index (χ1n) is 16.9. The van der Waals surface area contributed by atoms with Crippen LogP contribution in [0.15, 0.2) is 46.9 Å². The molecule has 248 valence electrons. The zero-order valence-corrected chi connectivity index (χ0v) is 28.4. The van der Waals surface area contributed by atoms with Gasteiger partial charge in [-0.2, -0.15) is 0 Å². The van der Waals surface area contributed by atoms with Crippen LogP contribution in [0.5, 0.6) is 0 Å². The summed E-state index contributed by atoms with van der Waals surface area (Å²) in [6, 6.07) is 13.4. The lowest BCUT2D eigenvalue weighted by Gasteiger charge is -2.40. The van der Waals surface area contributed by atoms with Crippen LogP contribution in [-0.2, 0) is 22.4 Å². The summed E-state index contributed by atoms with van der Waals surface area (Å²) in [5, 5.41) is 3.05. The number of ether oxygens (including phenoxy) is 1. The number of fused-ring (bicyclic) bond motifs is 1. The third-order valence-electron chi connectivity index (χ3n) is 10.6. The number of hydrogen-bond acceptors (Lipinski definition) is 6. The molecule has 4 amide bonds. The third-order valence-corrected chi connectivity index (χ3v) is 11.3. The van der Waals surface area contributed by atoms with Crippen molar-refractivity contribution in [2.45, 2.75) is 63.5 Å². The van der Waals surface area contributed by atoms with Crippen LogP contribution in [0.2, 0.25) is 0 Å². The highest BCUT2D eigenvalue weighted by Gasteiger charge is 2.36. The van der Waals surface area contributed by atoms with Crippen molar-refractivity contribution in [2.24, 2.45) is 11.8 Å². The molecule has 0 unspecified atom stereocenters. The van der Waals surface area contributed by atoms with Crippen molar-refractivity contribution in [3.05, 3.63) is 58.1 Å². The molecular weight excluding hydrogens is 648 g/mol. The maximum absolute atomic E-state index is 14.0. The van der Waals surface area contributed by atoms with E-state index in [0.29, 0.717) is 57.2 Å². The molecule has 1 atom stereocenters. The number of amides is 4. The fourth-order valence-electron chi connectivity index (χ4n) is 7.68. The Balaban J connectivity index is 1.07. The smallest absolute Gasteiger partial charge is 0.410 e. The number of likely N-dealkylation sites (tertiary alicyclic amines) is 3. The number of piperidine rings is 3. The summed E-state index contributed by atoms with van der Waals surface area (Å²) in [5.41, 5.74) is 9.51. The molecule has 2 aromatic rings.